The summed E-state index contributed by atoms with van der Waals surface area (Å²) in [5.41, 5.74) is 1.09. The molecule has 2 N–H and O–H groups in total. The Labute approximate surface area is 141 Å². The maximum atomic E-state index is 11.9. The molecule has 1 fully saturated rings. The van der Waals surface area contributed by atoms with Crippen molar-refractivity contribution in [2.45, 2.75) is 38.5 Å². The van der Waals surface area contributed by atoms with Gasteiger partial charge in [-0.25, -0.2) is 0 Å². The van der Waals surface area contributed by atoms with E-state index >= 15 is 0 Å². The quantitative estimate of drug-likeness (QED) is 0.804. The minimum Gasteiger partial charge on any atom is -0.356 e. The van der Waals surface area contributed by atoms with Crippen molar-refractivity contribution in [2.75, 3.05) is 6.54 Å². The van der Waals surface area contributed by atoms with E-state index in [-0.39, 0.29) is 23.5 Å². The number of thioether (sulfide) groups is 1. The third-order valence-corrected chi connectivity index (χ3v) is 4.56. The summed E-state index contributed by atoms with van der Waals surface area (Å²) in [5.74, 6) is 0.333. The third kappa shape index (κ3) is 6.06. The van der Waals surface area contributed by atoms with Gasteiger partial charge in [0.1, 0.15) is 5.25 Å². The van der Waals surface area contributed by atoms with E-state index in [1.54, 1.807) is 0 Å². The highest BCUT2D eigenvalue weighted by Crippen LogP contribution is 2.22. The lowest BCUT2D eigenvalue weighted by Gasteiger charge is -2.08. The predicted molar refractivity (Wildman–Crippen MR) is 94.2 cm³/mol. The summed E-state index contributed by atoms with van der Waals surface area (Å²) >= 11 is 1.33. The molecule has 2 amide bonds. The second kappa shape index (κ2) is 8.72. The molecule has 23 heavy (non-hydrogen) atoms. The normalized spacial score (nSPS) is 19.2. The summed E-state index contributed by atoms with van der Waals surface area (Å²) in [6, 6.07) is 9.85. The van der Waals surface area contributed by atoms with E-state index in [2.05, 4.69) is 29.5 Å². The van der Waals surface area contributed by atoms with Gasteiger partial charge in [0, 0.05) is 13.0 Å². The fourth-order valence-electron chi connectivity index (χ4n) is 2.10. The minimum atomic E-state index is -0.386. The van der Waals surface area contributed by atoms with Gasteiger partial charge in [0.25, 0.3) is 0 Å². The van der Waals surface area contributed by atoms with Crippen LogP contribution in [0.25, 0.3) is 0 Å². The standard InChI is InChI=1S/C17H23N3O2S/c1-12(2)8-9-18-15(21)10-14-16(22)20-17(23-14)19-11-13-6-4-3-5-7-13/h3-7,12,14H,8-11H2,1-2H3,(H,18,21)(H,19,20,22)/t14-/m1/s1. The molecule has 1 aliphatic rings. The van der Waals surface area contributed by atoms with Crippen molar-refractivity contribution in [3.63, 3.8) is 0 Å². The first-order valence-electron chi connectivity index (χ1n) is 7.87. The first-order chi connectivity index (χ1) is 11.0. The van der Waals surface area contributed by atoms with Gasteiger partial charge in [0.2, 0.25) is 11.8 Å². The van der Waals surface area contributed by atoms with E-state index in [1.807, 2.05) is 30.3 Å². The first-order valence-corrected chi connectivity index (χ1v) is 8.75. The van der Waals surface area contributed by atoms with E-state index < -0.39 is 0 Å². The molecule has 0 aromatic heterocycles. The number of carbonyl (C=O) groups excluding carboxylic acids is 2. The molecule has 1 saturated heterocycles. The van der Waals surface area contributed by atoms with Crippen LogP contribution < -0.4 is 10.6 Å². The fourth-order valence-corrected chi connectivity index (χ4v) is 3.07. The summed E-state index contributed by atoms with van der Waals surface area (Å²) in [4.78, 5) is 28.2. The van der Waals surface area contributed by atoms with Crippen LogP contribution in [0, 0.1) is 5.92 Å². The SMILES string of the molecule is CC(C)CCNC(=O)C[C@H]1SC(=NCc2ccccc2)NC1=O. The average molecular weight is 333 g/mol. The van der Waals surface area contributed by atoms with Crippen molar-refractivity contribution in [3.8, 4) is 0 Å². The molecule has 1 heterocycles. The van der Waals surface area contributed by atoms with E-state index in [0.29, 0.717) is 24.2 Å². The lowest BCUT2D eigenvalue weighted by molar-refractivity contribution is -0.125. The summed E-state index contributed by atoms with van der Waals surface area (Å²) in [7, 11) is 0. The van der Waals surface area contributed by atoms with E-state index in [9.17, 15) is 9.59 Å². The Balaban J connectivity index is 1.79. The minimum absolute atomic E-state index is 0.0809. The van der Waals surface area contributed by atoms with Crippen LogP contribution in [-0.4, -0.2) is 28.8 Å². The molecule has 6 heteroatoms. The molecule has 2 rings (SSSR count). The van der Waals surface area contributed by atoms with Crippen LogP contribution in [0.4, 0.5) is 0 Å². The maximum Gasteiger partial charge on any atom is 0.240 e. The molecule has 1 aromatic carbocycles. The monoisotopic (exact) mass is 333 g/mol. The van der Waals surface area contributed by atoms with E-state index in [0.717, 1.165) is 12.0 Å². The van der Waals surface area contributed by atoms with Gasteiger partial charge in [-0.2, -0.15) is 0 Å². The van der Waals surface area contributed by atoms with Crippen LogP contribution in [-0.2, 0) is 16.1 Å². The second-order valence-electron chi connectivity index (χ2n) is 5.94. The van der Waals surface area contributed by atoms with Gasteiger partial charge in [-0.05, 0) is 17.9 Å². The zero-order valence-corrected chi connectivity index (χ0v) is 14.4. The van der Waals surface area contributed by atoms with Gasteiger partial charge in [-0.3, -0.25) is 14.6 Å². The van der Waals surface area contributed by atoms with Crippen molar-refractivity contribution in [1.82, 2.24) is 10.6 Å². The number of amides is 2. The number of amidine groups is 1. The smallest absolute Gasteiger partial charge is 0.240 e. The van der Waals surface area contributed by atoms with Crippen molar-refractivity contribution in [1.29, 1.82) is 0 Å². The average Bonchev–Trinajstić information content (AvgIpc) is 2.86. The Hall–Kier alpha value is -1.82. The first kappa shape index (κ1) is 17.5. The molecule has 5 nitrogen and oxygen atoms in total. The Kier molecular flexibility index (Phi) is 6.65. The van der Waals surface area contributed by atoms with Crippen LogP contribution in [0.2, 0.25) is 0 Å². The number of rotatable bonds is 7. The van der Waals surface area contributed by atoms with Gasteiger partial charge < -0.3 is 10.6 Å². The Bertz CT molecular complexity index is 572. The van der Waals surface area contributed by atoms with Crippen LogP contribution in [0.5, 0.6) is 0 Å². The molecular weight excluding hydrogens is 310 g/mol. The zero-order valence-electron chi connectivity index (χ0n) is 13.5. The highest BCUT2D eigenvalue weighted by atomic mass is 32.2. The number of nitrogens with one attached hydrogen (secondary N) is 2. The van der Waals surface area contributed by atoms with Gasteiger partial charge in [0.05, 0.1) is 6.54 Å². The number of nitrogens with zero attached hydrogens (tertiary/aromatic N) is 1. The predicted octanol–water partition coefficient (Wildman–Crippen LogP) is 2.33. The van der Waals surface area contributed by atoms with Gasteiger partial charge >= 0.3 is 0 Å². The number of aliphatic imine (C=N–C) groups is 1. The maximum absolute atomic E-state index is 11.9. The second-order valence-corrected chi connectivity index (χ2v) is 7.13. The van der Waals surface area contributed by atoms with Crippen molar-refractivity contribution < 1.29 is 9.59 Å². The molecule has 0 bridgehead atoms. The van der Waals surface area contributed by atoms with Crippen LogP contribution in [0.15, 0.2) is 35.3 Å². The number of hydrogen-bond acceptors (Lipinski definition) is 4. The highest BCUT2D eigenvalue weighted by molar-refractivity contribution is 8.15. The Morgan fingerprint density at radius 3 is 2.78 bits per heavy atom. The van der Waals surface area contributed by atoms with Gasteiger partial charge in [0.15, 0.2) is 5.17 Å². The zero-order chi connectivity index (χ0) is 16.7. The number of benzene rings is 1. The molecule has 0 radical (unpaired) electrons. The summed E-state index contributed by atoms with van der Waals surface area (Å²) in [5, 5.41) is 5.82. The molecule has 1 aromatic rings. The Morgan fingerprint density at radius 1 is 1.35 bits per heavy atom. The lowest BCUT2D eigenvalue weighted by Crippen LogP contribution is -2.32. The number of carbonyl (C=O) groups is 2. The Morgan fingerprint density at radius 2 is 2.09 bits per heavy atom. The molecule has 1 atom stereocenters. The molecule has 1 aliphatic heterocycles. The highest BCUT2D eigenvalue weighted by Gasteiger charge is 2.31. The largest absolute Gasteiger partial charge is 0.356 e. The van der Waals surface area contributed by atoms with Crippen LogP contribution >= 0.6 is 11.8 Å². The van der Waals surface area contributed by atoms with E-state index in [1.165, 1.54) is 11.8 Å². The van der Waals surface area contributed by atoms with Crippen molar-refractivity contribution in [2.24, 2.45) is 10.9 Å². The van der Waals surface area contributed by atoms with Crippen LogP contribution in [0.1, 0.15) is 32.3 Å². The molecule has 0 unspecified atom stereocenters. The topological polar surface area (TPSA) is 70.6 Å². The number of hydrogen-bond donors (Lipinski definition) is 2. The molecule has 124 valence electrons. The van der Waals surface area contributed by atoms with Crippen molar-refractivity contribution in [3.05, 3.63) is 35.9 Å². The molecule has 0 aliphatic carbocycles. The third-order valence-electron chi connectivity index (χ3n) is 3.44. The van der Waals surface area contributed by atoms with Gasteiger partial charge in [-0.1, -0.05) is 55.9 Å². The van der Waals surface area contributed by atoms with E-state index in [4.69, 9.17) is 0 Å². The summed E-state index contributed by atoms with van der Waals surface area (Å²) in [6.07, 6.45) is 1.14. The summed E-state index contributed by atoms with van der Waals surface area (Å²) < 4.78 is 0. The van der Waals surface area contributed by atoms with Crippen LogP contribution in [0.3, 0.4) is 0 Å². The molecule has 0 saturated carbocycles. The van der Waals surface area contributed by atoms with Gasteiger partial charge in [-0.15, -0.1) is 0 Å². The molecule has 0 spiro atoms. The van der Waals surface area contributed by atoms with Crippen molar-refractivity contribution >= 4 is 28.7 Å². The lowest BCUT2D eigenvalue weighted by atomic mass is 10.1. The molecular formula is C17H23N3O2S. The fraction of sp³-hybridized carbons (Fsp3) is 0.471. The summed E-state index contributed by atoms with van der Waals surface area (Å²) in [6.45, 7) is 5.41.